The average Bonchev–Trinajstić information content (AvgIpc) is 2.93. The summed E-state index contributed by atoms with van der Waals surface area (Å²) in [7, 11) is 0. The van der Waals surface area contributed by atoms with Crippen LogP contribution in [0.25, 0.3) is 10.2 Å². The number of anilines is 1. The second kappa shape index (κ2) is 8.10. The van der Waals surface area contributed by atoms with Gasteiger partial charge in [-0.2, -0.15) is 0 Å². The van der Waals surface area contributed by atoms with Crippen molar-refractivity contribution in [2.75, 3.05) is 31.6 Å². The van der Waals surface area contributed by atoms with Crippen LogP contribution < -0.4 is 5.32 Å². The predicted octanol–water partition coefficient (Wildman–Crippen LogP) is 3.59. The van der Waals surface area contributed by atoms with Crippen molar-refractivity contribution >= 4 is 33.3 Å². The number of carbonyl (C=O) groups is 1. The molecule has 136 valence electrons. The molecule has 1 fully saturated rings. The molecule has 0 atom stereocenters. The Bertz CT molecular complexity index is 753. The highest BCUT2D eigenvalue weighted by Crippen LogP contribution is 2.34. The number of aromatic nitrogens is 2. The van der Waals surface area contributed by atoms with Gasteiger partial charge in [0, 0.05) is 6.54 Å². The van der Waals surface area contributed by atoms with Crippen molar-refractivity contribution in [2.24, 2.45) is 0 Å². The minimum absolute atomic E-state index is 0.275. The summed E-state index contributed by atoms with van der Waals surface area (Å²) in [5, 5.41) is 4.28. The molecule has 0 radical (unpaired) electrons. The fourth-order valence-corrected chi connectivity index (χ4v) is 4.35. The summed E-state index contributed by atoms with van der Waals surface area (Å²) in [6.45, 7) is 9.94. The molecule has 25 heavy (non-hydrogen) atoms. The molecule has 1 N–H and O–H groups in total. The number of hydrogen-bond acceptors (Lipinski definition) is 7. The molecule has 7 heteroatoms. The maximum absolute atomic E-state index is 12.2. The molecular weight excluding hydrogens is 336 g/mol. The van der Waals surface area contributed by atoms with Gasteiger partial charge in [0.05, 0.1) is 18.5 Å². The molecular formula is C18H26N4O2S. The molecule has 1 aliphatic heterocycles. The predicted molar refractivity (Wildman–Crippen MR) is 101 cm³/mol. The van der Waals surface area contributed by atoms with E-state index < -0.39 is 0 Å². The summed E-state index contributed by atoms with van der Waals surface area (Å²) in [6, 6.07) is 0. The SMILES string of the molecule is CCNc1nc(CN2CCCCC2)nc2sc(C(=O)OCC)c(C)c12. The molecule has 1 saturated heterocycles. The Morgan fingerprint density at radius 1 is 1.24 bits per heavy atom. The van der Waals surface area contributed by atoms with E-state index in [-0.39, 0.29) is 5.97 Å². The largest absolute Gasteiger partial charge is 0.462 e. The van der Waals surface area contributed by atoms with Crippen LogP contribution >= 0.6 is 11.3 Å². The van der Waals surface area contributed by atoms with Gasteiger partial charge in [-0.3, -0.25) is 4.90 Å². The molecule has 0 amide bonds. The second-order valence-electron chi connectivity index (χ2n) is 6.31. The van der Waals surface area contributed by atoms with Crippen molar-refractivity contribution in [3.05, 3.63) is 16.3 Å². The van der Waals surface area contributed by atoms with E-state index in [1.807, 2.05) is 20.8 Å². The van der Waals surface area contributed by atoms with E-state index in [2.05, 4.69) is 10.2 Å². The summed E-state index contributed by atoms with van der Waals surface area (Å²) in [5.41, 5.74) is 0.902. The molecule has 0 unspecified atom stereocenters. The third-order valence-corrected chi connectivity index (χ3v) is 5.62. The summed E-state index contributed by atoms with van der Waals surface area (Å²) in [5.74, 6) is 1.37. The standard InChI is InChI=1S/C18H26N4O2S/c1-4-19-16-14-12(3)15(18(23)24-5-2)25-17(14)21-13(20-16)11-22-9-7-6-8-10-22/h4-11H2,1-3H3,(H,19,20,21). The second-order valence-corrected chi connectivity index (χ2v) is 7.31. The van der Waals surface area contributed by atoms with Crippen LogP contribution in [0, 0.1) is 6.92 Å². The van der Waals surface area contributed by atoms with E-state index >= 15 is 0 Å². The highest BCUT2D eigenvalue weighted by molar-refractivity contribution is 7.20. The first-order valence-corrected chi connectivity index (χ1v) is 9.89. The first-order valence-electron chi connectivity index (χ1n) is 9.07. The number of nitrogens with zero attached hydrogens (tertiary/aromatic N) is 3. The Hall–Kier alpha value is -1.73. The normalized spacial score (nSPS) is 15.5. The number of aryl methyl sites for hydroxylation is 1. The Morgan fingerprint density at radius 2 is 2.00 bits per heavy atom. The van der Waals surface area contributed by atoms with Crippen LogP contribution in [-0.2, 0) is 11.3 Å². The van der Waals surface area contributed by atoms with Crippen LogP contribution in [-0.4, -0.2) is 47.1 Å². The first kappa shape index (κ1) is 18.1. The minimum Gasteiger partial charge on any atom is -0.462 e. The number of thiophene rings is 1. The van der Waals surface area contributed by atoms with Crippen molar-refractivity contribution < 1.29 is 9.53 Å². The molecule has 2 aromatic rings. The zero-order chi connectivity index (χ0) is 17.8. The van der Waals surface area contributed by atoms with Gasteiger partial charge in [-0.1, -0.05) is 6.42 Å². The number of fused-ring (bicyclic) bond motifs is 1. The van der Waals surface area contributed by atoms with Crippen LogP contribution in [0.1, 0.15) is 54.2 Å². The highest BCUT2D eigenvalue weighted by atomic mass is 32.1. The number of carbonyl (C=O) groups excluding carboxylic acids is 1. The number of nitrogens with one attached hydrogen (secondary N) is 1. The molecule has 0 saturated carbocycles. The van der Waals surface area contributed by atoms with Crippen molar-refractivity contribution in [3.8, 4) is 0 Å². The third-order valence-electron chi connectivity index (χ3n) is 4.46. The lowest BCUT2D eigenvalue weighted by molar-refractivity contribution is 0.0531. The Morgan fingerprint density at radius 3 is 2.68 bits per heavy atom. The smallest absolute Gasteiger partial charge is 0.348 e. The zero-order valence-corrected chi connectivity index (χ0v) is 16.0. The number of rotatable bonds is 6. The van der Waals surface area contributed by atoms with E-state index in [0.717, 1.165) is 53.6 Å². The Kier molecular flexibility index (Phi) is 5.86. The quantitative estimate of drug-likeness (QED) is 0.792. The molecule has 0 aromatic carbocycles. The van der Waals surface area contributed by atoms with Crippen molar-refractivity contribution in [1.29, 1.82) is 0 Å². The average molecular weight is 362 g/mol. The zero-order valence-electron chi connectivity index (χ0n) is 15.2. The van der Waals surface area contributed by atoms with Gasteiger partial charge in [0.15, 0.2) is 0 Å². The lowest BCUT2D eigenvalue weighted by atomic mass is 10.1. The molecule has 2 aromatic heterocycles. The van der Waals surface area contributed by atoms with Crippen molar-refractivity contribution in [2.45, 2.75) is 46.6 Å². The van der Waals surface area contributed by atoms with Gasteiger partial charge in [0.25, 0.3) is 0 Å². The van der Waals surface area contributed by atoms with E-state index in [9.17, 15) is 4.79 Å². The van der Waals surface area contributed by atoms with Crippen LogP contribution in [0.4, 0.5) is 5.82 Å². The molecule has 3 rings (SSSR count). The summed E-state index contributed by atoms with van der Waals surface area (Å²) in [4.78, 5) is 25.6. The fourth-order valence-electron chi connectivity index (χ4n) is 3.26. The summed E-state index contributed by atoms with van der Waals surface area (Å²) in [6.07, 6.45) is 3.80. The van der Waals surface area contributed by atoms with Crippen LogP contribution in [0.5, 0.6) is 0 Å². The maximum Gasteiger partial charge on any atom is 0.348 e. The Labute approximate surface area is 152 Å². The molecule has 0 bridgehead atoms. The van der Waals surface area contributed by atoms with Crippen LogP contribution in [0.2, 0.25) is 0 Å². The third kappa shape index (κ3) is 3.93. The van der Waals surface area contributed by atoms with Gasteiger partial charge in [0.2, 0.25) is 0 Å². The topological polar surface area (TPSA) is 67.4 Å². The fraction of sp³-hybridized carbons (Fsp3) is 0.611. The summed E-state index contributed by atoms with van der Waals surface area (Å²) >= 11 is 1.40. The van der Waals surface area contributed by atoms with Crippen molar-refractivity contribution in [3.63, 3.8) is 0 Å². The van der Waals surface area contributed by atoms with E-state index in [1.165, 1.54) is 30.6 Å². The lowest BCUT2D eigenvalue weighted by Crippen LogP contribution is -2.30. The van der Waals surface area contributed by atoms with E-state index in [1.54, 1.807) is 0 Å². The molecule has 0 spiro atoms. The van der Waals surface area contributed by atoms with Gasteiger partial charge in [-0.15, -0.1) is 11.3 Å². The van der Waals surface area contributed by atoms with Gasteiger partial charge in [0.1, 0.15) is 21.3 Å². The molecule has 1 aliphatic rings. The van der Waals surface area contributed by atoms with Gasteiger partial charge >= 0.3 is 5.97 Å². The number of hydrogen-bond donors (Lipinski definition) is 1. The molecule has 6 nitrogen and oxygen atoms in total. The van der Waals surface area contributed by atoms with E-state index in [4.69, 9.17) is 14.7 Å². The van der Waals surface area contributed by atoms with Crippen molar-refractivity contribution in [1.82, 2.24) is 14.9 Å². The Balaban J connectivity index is 1.98. The summed E-state index contributed by atoms with van der Waals surface area (Å²) < 4.78 is 5.18. The lowest BCUT2D eigenvalue weighted by Gasteiger charge is -2.25. The van der Waals surface area contributed by atoms with Gasteiger partial charge in [-0.05, 0) is 52.3 Å². The molecule has 3 heterocycles. The number of likely N-dealkylation sites (tertiary alicyclic amines) is 1. The van der Waals surface area contributed by atoms with E-state index in [0.29, 0.717) is 11.5 Å². The monoisotopic (exact) mass is 362 g/mol. The highest BCUT2D eigenvalue weighted by Gasteiger charge is 2.22. The number of piperidine rings is 1. The van der Waals surface area contributed by atoms with Crippen LogP contribution in [0.3, 0.4) is 0 Å². The number of ether oxygens (including phenoxy) is 1. The number of esters is 1. The van der Waals surface area contributed by atoms with Crippen LogP contribution in [0.15, 0.2) is 0 Å². The first-order chi connectivity index (χ1) is 12.1. The maximum atomic E-state index is 12.2. The molecule has 0 aliphatic carbocycles. The van der Waals surface area contributed by atoms with Gasteiger partial charge in [-0.25, -0.2) is 14.8 Å². The minimum atomic E-state index is -0.275. The van der Waals surface area contributed by atoms with Gasteiger partial charge < -0.3 is 10.1 Å².